The Bertz CT molecular complexity index is 564. The number of halogens is 1. The van der Waals surface area contributed by atoms with Crippen molar-refractivity contribution < 1.29 is 37.4 Å². The number of rotatable bonds is 8. The highest BCUT2D eigenvalue weighted by Crippen LogP contribution is 2.28. The van der Waals surface area contributed by atoms with E-state index in [1.807, 2.05) is 0 Å². The zero-order valence-electron chi connectivity index (χ0n) is 13.0. The molecule has 0 aliphatic carbocycles. The molecule has 10 heteroatoms. The van der Waals surface area contributed by atoms with Gasteiger partial charge in [0.1, 0.15) is 6.04 Å². The first kappa shape index (κ1) is 21.3. The van der Waals surface area contributed by atoms with E-state index in [1.54, 1.807) is 6.92 Å². The maximum absolute atomic E-state index is 12.2. The number of hydrogen-bond donors (Lipinski definition) is 2. The van der Waals surface area contributed by atoms with Crippen LogP contribution in [-0.4, -0.2) is 36.5 Å². The number of nitrogens with zero attached hydrogens (tertiary/aromatic N) is 1. The van der Waals surface area contributed by atoms with Crippen LogP contribution in [-0.2, 0) is 9.53 Å². The molecule has 0 spiro atoms. The highest BCUT2D eigenvalue weighted by molar-refractivity contribution is 7.14. The fraction of sp³-hybridized carbons (Fsp3) is 0.538. The summed E-state index contributed by atoms with van der Waals surface area (Å²) in [5, 5.41) is 13.4. The van der Waals surface area contributed by atoms with Crippen molar-refractivity contribution in [3.05, 3.63) is 25.9 Å². The summed E-state index contributed by atoms with van der Waals surface area (Å²) in [5.41, 5.74) is 3.62. The summed E-state index contributed by atoms with van der Waals surface area (Å²) in [5.74, 6) is -1.04. The zero-order chi connectivity index (χ0) is 16.7. The van der Waals surface area contributed by atoms with Gasteiger partial charge in [-0.2, -0.15) is 0 Å². The standard InChI is InChI=1S/C13H19N3O5S.ClH/c1-8-10(16(19)20)7-11(22-8)12(17)15-9(13(18)21-2)5-3-4-6-14;/h7,9H,3-6,14H2,1-2H3,(H,15,17);1H/t9-;/m0./s1. The van der Waals surface area contributed by atoms with Gasteiger partial charge in [-0.05, 0) is 26.2 Å². The molecule has 0 radical (unpaired) electrons. The minimum absolute atomic E-state index is 0. The molecule has 0 aliphatic heterocycles. The Morgan fingerprint density at radius 2 is 2.13 bits per heavy atom. The number of quaternary nitrogens is 1. The molecule has 130 valence electrons. The molecule has 0 aromatic carbocycles. The maximum atomic E-state index is 12.2. The number of aryl methyl sites for hydroxylation is 1. The summed E-state index contributed by atoms with van der Waals surface area (Å²) >= 11 is 1.02. The minimum atomic E-state index is -0.759. The SMILES string of the molecule is COC(=O)[C@H](CCCC[NH3+])NC(=O)c1cc([N+](=O)[O-])c(C)s1.[Cl-]. The van der Waals surface area contributed by atoms with Gasteiger partial charge in [0.2, 0.25) is 0 Å². The second-order valence-electron chi connectivity index (χ2n) is 4.71. The molecule has 8 nitrogen and oxygen atoms in total. The highest BCUT2D eigenvalue weighted by Gasteiger charge is 2.25. The second kappa shape index (κ2) is 10.1. The number of unbranched alkanes of at least 4 members (excludes halogenated alkanes) is 1. The molecule has 0 fully saturated rings. The van der Waals surface area contributed by atoms with Crippen LogP contribution < -0.4 is 23.5 Å². The second-order valence-corrected chi connectivity index (χ2v) is 5.96. The van der Waals surface area contributed by atoms with Crippen molar-refractivity contribution in [2.75, 3.05) is 13.7 Å². The Hall–Kier alpha value is -1.71. The number of amides is 1. The molecule has 0 unspecified atom stereocenters. The number of nitro groups is 1. The first-order chi connectivity index (χ1) is 10.4. The predicted molar refractivity (Wildman–Crippen MR) is 80.6 cm³/mol. The van der Waals surface area contributed by atoms with Crippen molar-refractivity contribution >= 4 is 28.9 Å². The quantitative estimate of drug-likeness (QED) is 0.231. The van der Waals surface area contributed by atoms with Crippen molar-refractivity contribution in [1.82, 2.24) is 5.32 Å². The summed E-state index contributed by atoms with van der Waals surface area (Å²) in [7, 11) is 1.25. The summed E-state index contributed by atoms with van der Waals surface area (Å²) < 4.78 is 4.67. The Balaban J connectivity index is 0.00000484. The van der Waals surface area contributed by atoms with Gasteiger partial charge in [0.15, 0.2) is 0 Å². The van der Waals surface area contributed by atoms with Gasteiger partial charge in [-0.25, -0.2) is 4.79 Å². The van der Waals surface area contributed by atoms with Crippen LogP contribution in [0.15, 0.2) is 6.07 Å². The molecular weight excluding hydrogens is 346 g/mol. The molecule has 1 rings (SSSR count). The average Bonchev–Trinajstić information content (AvgIpc) is 2.87. The number of methoxy groups -OCH3 is 1. The van der Waals surface area contributed by atoms with E-state index in [0.717, 1.165) is 30.7 Å². The van der Waals surface area contributed by atoms with E-state index < -0.39 is 22.8 Å². The highest BCUT2D eigenvalue weighted by atomic mass is 35.5. The van der Waals surface area contributed by atoms with Crippen LogP contribution in [0.5, 0.6) is 0 Å². The lowest BCUT2D eigenvalue weighted by atomic mass is 10.1. The van der Waals surface area contributed by atoms with E-state index in [2.05, 4.69) is 15.8 Å². The molecular formula is C13H20ClN3O5S. The molecule has 1 atom stereocenters. The normalized spacial score (nSPS) is 11.3. The Labute approximate surface area is 143 Å². The zero-order valence-corrected chi connectivity index (χ0v) is 14.5. The van der Waals surface area contributed by atoms with Crippen LogP contribution in [0.2, 0.25) is 0 Å². The van der Waals surface area contributed by atoms with Crippen molar-refractivity contribution in [3.8, 4) is 0 Å². The van der Waals surface area contributed by atoms with Crippen LogP contribution in [0, 0.1) is 17.0 Å². The summed E-state index contributed by atoms with van der Waals surface area (Å²) in [6.07, 6.45) is 2.01. The van der Waals surface area contributed by atoms with Crippen LogP contribution in [0.1, 0.15) is 33.8 Å². The van der Waals surface area contributed by atoms with Gasteiger partial charge in [-0.15, -0.1) is 11.3 Å². The van der Waals surface area contributed by atoms with Crippen LogP contribution in [0.25, 0.3) is 0 Å². The molecule has 0 saturated heterocycles. The van der Waals surface area contributed by atoms with Crippen molar-refractivity contribution in [2.45, 2.75) is 32.2 Å². The van der Waals surface area contributed by atoms with Crippen LogP contribution in [0.4, 0.5) is 5.69 Å². The van der Waals surface area contributed by atoms with Gasteiger partial charge in [-0.3, -0.25) is 14.9 Å². The monoisotopic (exact) mass is 365 g/mol. The number of thiophene rings is 1. The molecule has 0 aliphatic rings. The first-order valence-corrected chi connectivity index (χ1v) is 7.65. The number of ether oxygens (including phenoxy) is 1. The third-order valence-corrected chi connectivity index (χ3v) is 4.13. The molecule has 0 bridgehead atoms. The largest absolute Gasteiger partial charge is 1.00 e. The lowest BCUT2D eigenvalue weighted by Gasteiger charge is -2.15. The lowest BCUT2D eigenvalue weighted by Crippen LogP contribution is -3.00. The molecule has 1 aromatic rings. The van der Waals surface area contributed by atoms with E-state index in [9.17, 15) is 19.7 Å². The average molecular weight is 366 g/mol. The van der Waals surface area contributed by atoms with E-state index in [4.69, 9.17) is 0 Å². The van der Waals surface area contributed by atoms with Crippen LogP contribution >= 0.6 is 11.3 Å². The Morgan fingerprint density at radius 3 is 2.61 bits per heavy atom. The number of hydrogen-bond acceptors (Lipinski definition) is 6. The fourth-order valence-electron chi connectivity index (χ4n) is 1.91. The minimum Gasteiger partial charge on any atom is -1.00 e. The van der Waals surface area contributed by atoms with E-state index in [-0.39, 0.29) is 23.0 Å². The number of esters is 1. The van der Waals surface area contributed by atoms with Crippen molar-refractivity contribution in [3.63, 3.8) is 0 Å². The van der Waals surface area contributed by atoms with E-state index >= 15 is 0 Å². The third-order valence-electron chi connectivity index (χ3n) is 3.10. The van der Waals surface area contributed by atoms with Gasteiger partial charge in [0.25, 0.3) is 11.6 Å². The van der Waals surface area contributed by atoms with Crippen molar-refractivity contribution in [1.29, 1.82) is 0 Å². The predicted octanol–water partition coefficient (Wildman–Crippen LogP) is -2.35. The summed E-state index contributed by atoms with van der Waals surface area (Å²) in [6, 6.07) is 0.463. The molecule has 1 heterocycles. The fourth-order valence-corrected chi connectivity index (χ4v) is 2.80. The molecule has 0 saturated carbocycles. The van der Waals surface area contributed by atoms with Gasteiger partial charge in [0.05, 0.1) is 28.3 Å². The van der Waals surface area contributed by atoms with Gasteiger partial charge in [0, 0.05) is 6.07 Å². The van der Waals surface area contributed by atoms with Crippen LogP contribution in [0.3, 0.4) is 0 Å². The van der Waals surface area contributed by atoms with Crippen molar-refractivity contribution in [2.24, 2.45) is 0 Å². The number of carbonyl (C=O) groups is 2. The van der Waals surface area contributed by atoms with Gasteiger partial charge in [-0.1, -0.05) is 0 Å². The molecule has 23 heavy (non-hydrogen) atoms. The maximum Gasteiger partial charge on any atom is 0.328 e. The molecule has 1 aromatic heterocycles. The van der Waals surface area contributed by atoms with E-state index in [1.165, 1.54) is 13.2 Å². The molecule has 1 amide bonds. The van der Waals surface area contributed by atoms with E-state index in [0.29, 0.717) is 11.3 Å². The number of carbonyl (C=O) groups excluding carboxylic acids is 2. The Morgan fingerprint density at radius 1 is 1.48 bits per heavy atom. The third kappa shape index (κ3) is 6.12. The Kier molecular flexibility index (Phi) is 9.38. The summed E-state index contributed by atoms with van der Waals surface area (Å²) in [4.78, 5) is 34.8. The lowest BCUT2D eigenvalue weighted by molar-refractivity contribution is -0.385. The van der Waals surface area contributed by atoms with Gasteiger partial charge >= 0.3 is 5.97 Å². The number of nitrogens with one attached hydrogen (secondary N) is 1. The topological polar surface area (TPSA) is 126 Å². The first-order valence-electron chi connectivity index (χ1n) is 6.83. The smallest absolute Gasteiger partial charge is 0.328 e. The molecule has 4 N–H and O–H groups in total. The summed E-state index contributed by atoms with van der Waals surface area (Å²) in [6.45, 7) is 2.32. The van der Waals surface area contributed by atoms with Gasteiger partial charge < -0.3 is 28.2 Å².